The largest absolute Gasteiger partial charge is 0.351 e. The molecule has 7 heteroatoms. The van der Waals surface area contributed by atoms with E-state index < -0.39 is 5.91 Å². The van der Waals surface area contributed by atoms with Crippen LogP contribution >= 0.6 is 12.4 Å². The molecule has 0 saturated carbocycles. The van der Waals surface area contributed by atoms with Crippen molar-refractivity contribution >= 4 is 24.0 Å². The fourth-order valence-corrected chi connectivity index (χ4v) is 2.65. The SMILES string of the molecule is CCC(C)c1cc(C(=O)Nc2ccc3c(c2F)CCNC3)on1.Cl. The van der Waals surface area contributed by atoms with Crippen molar-refractivity contribution in [3.05, 3.63) is 46.6 Å². The van der Waals surface area contributed by atoms with Gasteiger partial charge in [-0.2, -0.15) is 0 Å². The lowest BCUT2D eigenvalue weighted by atomic mass is 9.99. The number of rotatable bonds is 4. The molecule has 0 spiro atoms. The summed E-state index contributed by atoms with van der Waals surface area (Å²) in [6.45, 7) is 5.44. The minimum Gasteiger partial charge on any atom is -0.351 e. The summed E-state index contributed by atoms with van der Waals surface area (Å²) in [5.41, 5.74) is 2.51. The average Bonchev–Trinajstić information content (AvgIpc) is 3.07. The minimum atomic E-state index is -0.486. The second-order valence-electron chi connectivity index (χ2n) is 5.87. The zero-order valence-electron chi connectivity index (χ0n) is 13.7. The summed E-state index contributed by atoms with van der Waals surface area (Å²) in [5, 5.41) is 9.68. The van der Waals surface area contributed by atoms with Crippen LogP contribution in [-0.4, -0.2) is 17.6 Å². The molecule has 1 amide bonds. The molecule has 5 nitrogen and oxygen atoms in total. The maximum Gasteiger partial charge on any atom is 0.294 e. The van der Waals surface area contributed by atoms with Gasteiger partial charge in [0.2, 0.25) is 5.76 Å². The third-order valence-corrected chi connectivity index (χ3v) is 4.33. The van der Waals surface area contributed by atoms with E-state index in [2.05, 4.69) is 15.8 Å². The summed E-state index contributed by atoms with van der Waals surface area (Å²) in [6, 6.07) is 5.04. The van der Waals surface area contributed by atoms with Gasteiger partial charge < -0.3 is 15.2 Å². The monoisotopic (exact) mass is 353 g/mol. The van der Waals surface area contributed by atoms with Gasteiger partial charge >= 0.3 is 0 Å². The molecule has 0 fully saturated rings. The molecule has 24 heavy (non-hydrogen) atoms. The molecule has 1 aromatic carbocycles. The fourth-order valence-electron chi connectivity index (χ4n) is 2.65. The standard InChI is InChI=1S/C17H20FN3O2.ClH/c1-3-10(2)14-8-15(23-21-14)17(22)20-13-5-4-11-9-19-7-6-12(11)16(13)18;/h4-5,8,10,19H,3,6-7,9H2,1-2H3,(H,20,22);1H. The van der Waals surface area contributed by atoms with Gasteiger partial charge in [-0.15, -0.1) is 12.4 Å². The molecule has 2 N–H and O–H groups in total. The van der Waals surface area contributed by atoms with Gasteiger partial charge in [0.05, 0.1) is 11.4 Å². The van der Waals surface area contributed by atoms with Gasteiger partial charge in [0, 0.05) is 18.5 Å². The van der Waals surface area contributed by atoms with Gasteiger partial charge in [0.25, 0.3) is 5.91 Å². The van der Waals surface area contributed by atoms with Crippen LogP contribution in [0.25, 0.3) is 0 Å². The zero-order valence-corrected chi connectivity index (χ0v) is 14.5. The average molecular weight is 354 g/mol. The van der Waals surface area contributed by atoms with Crippen molar-refractivity contribution in [2.45, 2.75) is 39.2 Å². The van der Waals surface area contributed by atoms with Crippen molar-refractivity contribution in [1.82, 2.24) is 10.5 Å². The maximum atomic E-state index is 14.5. The Morgan fingerprint density at radius 1 is 1.50 bits per heavy atom. The fraction of sp³-hybridized carbons (Fsp3) is 0.412. The topological polar surface area (TPSA) is 67.2 Å². The van der Waals surface area contributed by atoms with Gasteiger partial charge in [-0.05, 0) is 36.6 Å². The Kier molecular flexibility index (Phi) is 5.96. The first kappa shape index (κ1) is 18.4. The van der Waals surface area contributed by atoms with E-state index in [1.807, 2.05) is 19.9 Å². The number of benzene rings is 1. The van der Waals surface area contributed by atoms with Gasteiger partial charge in [0.15, 0.2) is 0 Å². The molecule has 0 radical (unpaired) electrons. The summed E-state index contributed by atoms with van der Waals surface area (Å²) >= 11 is 0. The van der Waals surface area contributed by atoms with E-state index >= 15 is 0 Å². The predicted octanol–water partition coefficient (Wildman–Crippen LogP) is 3.65. The number of hydrogen-bond donors (Lipinski definition) is 2. The Morgan fingerprint density at radius 3 is 3.04 bits per heavy atom. The van der Waals surface area contributed by atoms with Gasteiger partial charge in [-0.25, -0.2) is 4.39 Å². The molecule has 0 bridgehead atoms. The smallest absolute Gasteiger partial charge is 0.294 e. The normalized spacial score (nSPS) is 14.5. The van der Waals surface area contributed by atoms with Crippen LogP contribution in [-0.2, 0) is 13.0 Å². The molecule has 3 rings (SSSR count). The molecule has 1 aliphatic heterocycles. The number of nitrogens with one attached hydrogen (secondary N) is 2. The molecular weight excluding hydrogens is 333 g/mol. The Hall–Kier alpha value is -1.92. The van der Waals surface area contributed by atoms with Crippen LogP contribution < -0.4 is 10.6 Å². The molecule has 1 aromatic heterocycles. The first-order valence-electron chi connectivity index (χ1n) is 7.89. The highest BCUT2D eigenvalue weighted by molar-refractivity contribution is 6.02. The predicted molar refractivity (Wildman–Crippen MR) is 92.2 cm³/mol. The van der Waals surface area contributed by atoms with E-state index in [4.69, 9.17) is 4.52 Å². The third-order valence-electron chi connectivity index (χ3n) is 4.33. The van der Waals surface area contributed by atoms with Crippen molar-refractivity contribution in [2.75, 3.05) is 11.9 Å². The Morgan fingerprint density at radius 2 is 2.29 bits per heavy atom. The third kappa shape index (κ3) is 3.60. The minimum absolute atomic E-state index is 0. The van der Waals surface area contributed by atoms with Crippen LogP contribution in [0.5, 0.6) is 0 Å². The lowest BCUT2D eigenvalue weighted by molar-refractivity contribution is 0.0987. The van der Waals surface area contributed by atoms with Gasteiger partial charge in [-0.1, -0.05) is 25.1 Å². The molecule has 130 valence electrons. The zero-order chi connectivity index (χ0) is 16.4. The van der Waals surface area contributed by atoms with Crippen LogP contribution in [0.4, 0.5) is 10.1 Å². The molecule has 1 aliphatic rings. The summed E-state index contributed by atoms with van der Waals surface area (Å²) in [6.07, 6.45) is 1.52. The highest BCUT2D eigenvalue weighted by Crippen LogP contribution is 2.25. The van der Waals surface area contributed by atoms with E-state index in [1.165, 1.54) is 0 Å². The summed E-state index contributed by atoms with van der Waals surface area (Å²) < 4.78 is 19.6. The Balaban J connectivity index is 0.00000208. The van der Waals surface area contributed by atoms with Crippen molar-refractivity contribution in [2.24, 2.45) is 0 Å². The van der Waals surface area contributed by atoms with Crippen LogP contribution in [0.3, 0.4) is 0 Å². The van der Waals surface area contributed by atoms with E-state index in [0.717, 1.165) is 24.2 Å². The number of anilines is 1. The van der Waals surface area contributed by atoms with Crippen molar-refractivity contribution in [3.8, 4) is 0 Å². The number of fused-ring (bicyclic) bond motifs is 1. The molecule has 1 unspecified atom stereocenters. The molecule has 2 aromatic rings. The molecule has 0 saturated heterocycles. The molecular formula is C17H21ClFN3O2. The number of hydrogen-bond acceptors (Lipinski definition) is 4. The lowest BCUT2D eigenvalue weighted by Crippen LogP contribution is -2.25. The van der Waals surface area contributed by atoms with E-state index in [-0.39, 0.29) is 35.6 Å². The van der Waals surface area contributed by atoms with Gasteiger partial charge in [-0.3, -0.25) is 4.79 Å². The number of amides is 1. The quantitative estimate of drug-likeness (QED) is 0.880. The highest BCUT2D eigenvalue weighted by atomic mass is 35.5. The maximum absolute atomic E-state index is 14.5. The first-order valence-corrected chi connectivity index (χ1v) is 7.89. The van der Waals surface area contributed by atoms with E-state index in [0.29, 0.717) is 18.5 Å². The lowest BCUT2D eigenvalue weighted by Gasteiger charge is -2.19. The Labute approximate surface area is 146 Å². The van der Waals surface area contributed by atoms with Crippen LogP contribution in [0.15, 0.2) is 22.7 Å². The molecule has 0 aliphatic carbocycles. The van der Waals surface area contributed by atoms with Gasteiger partial charge in [0.1, 0.15) is 5.82 Å². The summed E-state index contributed by atoms with van der Waals surface area (Å²) in [7, 11) is 0. The number of carbonyl (C=O) groups is 1. The van der Waals surface area contributed by atoms with E-state index in [1.54, 1.807) is 12.1 Å². The molecule has 1 atom stereocenters. The number of carbonyl (C=O) groups excluding carboxylic acids is 1. The van der Waals surface area contributed by atoms with Crippen LogP contribution in [0, 0.1) is 5.82 Å². The molecule has 2 heterocycles. The second-order valence-corrected chi connectivity index (χ2v) is 5.87. The van der Waals surface area contributed by atoms with Crippen molar-refractivity contribution in [1.29, 1.82) is 0 Å². The Bertz CT molecular complexity index is 733. The number of halogens is 2. The number of nitrogens with zero attached hydrogens (tertiary/aromatic N) is 1. The summed E-state index contributed by atoms with van der Waals surface area (Å²) in [4.78, 5) is 12.2. The summed E-state index contributed by atoms with van der Waals surface area (Å²) in [5.74, 6) is -0.536. The highest BCUT2D eigenvalue weighted by Gasteiger charge is 2.20. The van der Waals surface area contributed by atoms with E-state index in [9.17, 15) is 9.18 Å². The van der Waals surface area contributed by atoms with Crippen LogP contribution in [0.1, 0.15) is 53.6 Å². The number of aromatic nitrogens is 1. The second kappa shape index (κ2) is 7.77. The van der Waals surface area contributed by atoms with Crippen molar-refractivity contribution in [3.63, 3.8) is 0 Å². The first-order chi connectivity index (χ1) is 11.1. The van der Waals surface area contributed by atoms with Crippen molar-refractivity contribution < 1.29 is 13.7 Å². The van der Waals surface area contributed by atoms with Crippen LogP contribution in [0.2, 0.25) is 0 Å².